The smallest absolute Gasteiger partial charge is 0.291 e. The van der Waals surface area contributed by atoms with E-state index in [0.29, 0.717) is 35.9 Å². The summed E-state index contributed by atoms with van der Waals surface area (Å²) in [5.74, 6) is 1.66. The van der Waals surface area contributed by atoms with Gasteiger partial charge in [-0.25, -0.2) is 0 Å². The minimum Gasteiger partial charge on any atom is -0.494 e. The monoisotopic (exact) mass is 456 g/mol. The number of hydrogen-bond acceptors (Lipinski definition) is 5. The Balaban J connectivity index is 1.23. The van der Waals surface area contributed by atoms with Gasteiger partial charge >= 0.3 is 0 Å². The maximum atomic E-state index is 12.7. The van der Waals surface area contributed by atoms with Crippen LogP contribution in [0.4, 0.5) is 11.4 Å². The van der Waals surface area contributed by atoms with E-state index in [1.54, 1.807) is 42.3 Å². The average Bonchev–Trinajstić information content (AvgIpc) is 3.51. The Labute approximate surface area is 196 Å². The van der Waals surface area contributed by atoms with Gasteiger partial charge < -0.3 is 24.1 Å². The van der Waals surface area contributed by atoms with Gasteiger partial charge in [0.2, 0.25) is 5.91 Å². The van der Waals surface area contributed by atoms with E-state index in [-0.39, 0.29) is 24.2 Å². The minimum atomic E-state index is -0.385. The van der Waals surface area contributed by atoms with Crippen molar-refractivity contribution in [3.8, 4) is 11.5 Å². The van der Waals surface area contributed by atoms with Crippen LogP contribution in [0.3, 0.4) is 0 Å². The lowest BCUT2D eigenvalue weighted by Crippen LogP contribution is -2.24. The van der Waals surface area contributed by atoms with Crippen molar-refractivity contribution in [3.05, 3.63) is 84.3 Å². The molecule has 0 bridgehead atoms. The molecule has 7 heteroatoms. The van der Waals surface area contributed by atoms with Crippen LogP contribution in [0.2, 0.25) is 0 Å². The molecule has 2 amide bonds. The van der Waals surface area contributed by atoms with Crippen molar-refractivity contribution in [2.75, 3.05) is 23.9 Å². The van der Waals surface area contributed by atoms with Crippen LogP contribution < -0.4 is 19.7 Å². The summed E-state index contributed by atoms with van der Waals surface area (Å²) >= 11 is 0. The number of anilines is 2. The summed E-state index contributed by atoms with van der Waals surface area (Å²) in [6.45, 7) is 0.870. The van der Waals surface area contributed by atoms with Crippen LogP contribution in [0, 0.1) is 0 Å². The number of benzene rings is 3. The third-order valence-electron chi connectivity index (χ3n) is 5.79. The molecule has 34 heavy (non-hydrogen) atoms. The van der Waals surface area contributed by atoms with Crippen LogP contribution in [-0.2, 0) is 11.4 Å². The lowest BCUT2D eigenvalue weighted by molar-refractivity contribution is -0.117. The average molecular weight is 456 g/mol. The van der Waals surface area contributed by atoms with Crippen LogP contribution in [0.25, 0.3) is 10.8 Å². The zero-order chi connectivity index (χ0) is 23.5. The second-order valence-electron chi connectivity index (χ2n) is 8.05. The molecule has 0 unspecified atom stereocenters. The molecule has 7 nitrogen and oxygen atoms in total. The first-order chi connectivity index (χ1) is 16.6. The number of nitrogens with zero attached hydrogens (tertiary/aromatic N) is 1. The predicted octanol–water partition coefficient (Wildman–Crippen LogP) is 5.40. The predicted molar refractivity (Wildman–Crippen MR) is 130 cm³/mol. The van der Waals surface area contributed by atoms with E-state index in [9.17, 15) is 9.59 Å². The fourth-order valence-corrected chi connectivity index (χ4v) is 4.06. The van der Waals surface area contributed by atoms with Gasteiger partial charge in [-0.3, -0.25) is 9.59 Å². The van der Waals surface area contributed by atoms with Crippen molar-refractivity contribution in [2.24, 2.45) is 0 Å². The van der Waals surface area contributed by atoms with E-state index in [1.165, 1.54) is 0 Å². The highest BCUT2D eigenvalue weighted by Gasteiger charge is 2.24. The number of methoxy groups -OCH3 is 1. The summed E-state index contributed by atoms with van der Waals surface area (Å²) in [5.41, 5.74) is 1.25. The Bertz CT molecular complexity index is 1360. The third kappa shape index (κ3) is 4.45. The highest BCUT2D eigenvalue weighted by molar-refractivity contribution is 6.03. The van der Waals surface area contributed by atoms with E-state index in [1.807, 2.05) is 42.5 Å². The van der Waals surface area contributed by atoms with Gasteiger partial charge in [0.25, 0.3) is 5.91 Å². The van der Waals surface area contributed by atoms with Crippen molar-refractivity contribution < 1.29 is 23.5 Å². The molecule has 0 saturated carbocycles. The van der Waals surface area contributed by atoms with Crippen molar-refractivity contribution in [1.82, 2.24) is 0 Å². The SMILES string of the molecule is COc1cc(NC(=O)c2ccc(COc3ccc4ccccc4c3)o2)ccc1N1CCCC1=O. The first-order valence-corrected chi connectivity index (χ1v) is 11.1. The molecular weight excluding hydrogens is 432 g/mol. The standard InChI is InChI=1S/C27H24N2O5/c1-32-25-16-20(9-12-23(25)29-14-4-7-26(29)30)28-27(31)24-13-11-22(34-24)17-33-21-10-8-18-5-2-3-6-19(18)15-21/h2-3,5-6,8-13,15-16H,4,7,14,17H2,1H3,(H,28,31). The summed E-state index contributed by atoms with van der Waals surface area (Å²) in [4.78, 5) is 26.5. The van der Waals surface area contributed by atoms with Gasteiger partial charge in [-0.05, 0) is 53.6 Å². The Morgan fingerprint density at radius 2 is 1.88 bits per heavy atom. The molecule has 0 atom stereocenters. The van der Waals surface area contributed by atoms with Crippen LogP contribution in [0.15, 0.2) is 77.2 Å². The molecule has 3 aromatic carbocycles. The van der Waals surface area contributed by atoms with Crippen LogP contribution in [-0.4, -0.2) is 25.5 Å². The van der Waals surface area contributed by atoms with E-state index in [0.717, 1.165) is 22.9 Å². The van der Waals surface area contributed by atoms with E-state index in [4.69, 9.17) is 13.9 Å². The molecule has 0 spiro atoms. The minimum absolute atomic E-state index is 0.0732. The van der Waals surface area contributed by atoms with Gasteiger partial charge in [-0.1, -0.05) is 30.3 Å². The van der Waals surface area contributed by atoms with E-state index in [2.05, 4.69) is 5.32 Å². The second-order valence-corrected chi connectivity index (χ2v) is 8.05. The third-order valence-corrected chi connectivity index (χ3v) is 5.79. The number of carbonyl (C=O) groups is 2. The van der Waals surface area contributed by atoms with Gasteiger partial charge in [0.15, 0.2) is 5.76 Å². The quantitative estimate of drug-likeness (QED) is 0.403. The molecule has 0 aliphatic carbocycles. The Morgan fingerprint density at radius 1 is 1.03 bits per heavy atom. The molecular formula is C27H24N2O5. The summed E-state index contributed by atoms with van der Waals surface area (Å²) < 4.78 is 17.0. The van der Waals surface area contributed by atoms with E-state index >= 15 is 0 Å². The molecule has 1 N–H and O–H groups in total. The molecule has 172 valence electrons. The summed E-state index contributed by atoms with van der Waals surface area (Å²) in [7, 11) is 1.54. The van der Waals surface area contributed by atoms with Crippen LogP contribution in [0.5, 0.6) is 11.5 Å². The number of fused-ring (bicyclic) bond motifs is 1. The Morgan fingerprint density at radius 3 is 2.68 bits per heavy atom. The van der Waals surface area contributed by atoms with Crippen molar-refractivity contribution in [2.45, 2.75) is 19.4 Å². The zero-order valence-corrected chi connectivity index (χ0v) is 18.7. The molecule has 5 rings (SSSR count). The van der Waals surface area contributed by atoms with Crippen molar-refractivity contribution >= 4 is 34.0 Å². The number of hydrogen-bond donors (Lipinski definition) is 1. The first-order valence-electron chi connectivity index (χ1n) is 11.1. The van der Waals surface area contributed by atoms with Crippen LogP contribution in [0.1, 0.15) is 29.2 Å². The normalized spacial score (nSPS) is 13.3. The second kappa shape index (κ2) is 9.31. The van der Waals surface area contributed by atoms with Crippen molar-refractivity contribution in [3.63, 3.8) is 0 Å². The molecule has 2 heterocycles. The van der Waals surface area contributed by atoms with Gasteiger partial charge in [0, 0.05) is 24.7 Å². The lowest BCUT2D eigenvalue weighted by atomic mass is 10.1. The molecule has 1 fully saturated rings. The number of amides is 2. The van der Waals surface area contributed by atoms with Gasteiger partial charge in [0.1, 0.15) is 23.9 Å². The Kier molecular flexibility index (Phi) is 5.91. The summed E-state index contributed by atoms with van der Waals surface area (Å²) in [6, 6.07) is 22.5. The van der Waals surface area contributed by atoms with Gasteiger partial charge in [0.05, 0.1) is 12.8 Å². The van der Waals surface area contributed by atoms with Gasteiger partial charge in [-0.15, -0.1) is 0 Å². The maximum Gasteiger partial charge on any atom is 0.291 e. The molecule has 4 aromatic rings. The number of carbonyl (C=O) groups excluding carboxylic acids is 2. The number of rotatable bonds is 7. The highest BCUT2D eigenvalue weighted by Crippen LogP contribution is 2.34. The lowest BCUT2D eigenvalue weighted by Gasteiger charge is -2.19. The van der Waals surface area contributed by atoms with Crippen LogP contribution >= 0.6 is 0 Å². The Hall–Kier alpha value is -4.26. The zero-order valence-electron chi connectivity index (χ0n) is 18.7. The highest BCUT2D eigenvalue weighted by atomic mass is 16.5. The summed E-state index contributed by atoms with van der Waals surface area (Å²) in [6.07, 6.45) is 1.36. The molecule has 1 aliphatic heterocycles. The van der Waals surface area contributed by atoms with Crippen molar-refractivity contribution in [1.29, 1.82) is 0 Å². The molecule has 1 aromatic heterocycles. The number of nitrogens with one attached hydrogen (secondary N) is 1. The fraction of sp³-hybridized carbons (Fsp3) is 0.185. The fourth-order valence-electron chi connectivity index (χ4n) is 4.06. The number of ether oxygens (including phenoxy) is 2. The summed E-state index contributed by atoms with van der Waals surface area (Å²) in [5, 5.41) is 5.05. The van der Waals surface area contributed by atoms with Gasteiger partial charge in [-0.2, -0.15) is 0 Å². The largest absolute Gasteiger partial charge is 0.494 e. The molecule has 1 aliphatic rings. The van der Waals surface area contributed by atoms with E-state index < -0.39 is 0 Å². The number of furan rings is 1. The molecule has 1 saturated heterocycles. The maximum absolute atomic E-state index is 12.7. The molecule has 0 radical (unpaired) electrons. The first kappa shape index (κ1) is 21.6. The topological polar surface area (TPSA) is 81.0 Å².